The van der Waals surface area contributed by atoms with Crippen LogP contribution >= 0.6 is 0 Å². The fourth-order valence-corrected chi connectivity index (χ4v) is 4.60. The van der Waals surface area contributed by atoms with E-state index >= 15 is 4.39 Å². The zero-order chi connectivity index (χ0) is 26.2. The molecular weight excluding hydrogens is 473 g/mol. The third-order valence-corrected chi connectivity index (χ3v) is 6.54. The number of aromatic nitrogens is 4. The van der Waals surface area contributed by atoms with Crippen LogP contribution in [0.15, 0.2) is 54.9 Å². The van der Waals surface area contributed by atoms with Gasteiger partial charge in [-0.15, -0.1) is 0 Å². The lowest BCUT2D eigenvalue weighted by molar-refractivity contribution is -0.139. The Morgan fingerprint density at radius 2 is 1.97 bits per heavy atom. The number of benzene rings is 2. The fourth-order valence-electron chi connectivity index (χ4n) is 4.60. The predicted octanol–water partition coefficient (Wildman–Crippen LogP) is 4.72. The van der Waals surface area contributed by atoms with Crippen molar-refractivity contribution in [2.45, 2.75) is 32.7 Å². The zero-order valence-electron chi connectivity index (χ0n) is 20.6. The molecule has 0 spiro atoms. The van der Waals surface area contributed by atoms with Gasteiger partial charge in [-0.1, -0.05) is 18.2 Å². The summed E-state index contributed by atoms with van der Waals surface area (Å²) in [5, 5.41) is 14.6. The van der Waals surface area contributed by atoms with E-state index in [1.54, 1.807) is 47.7 Å². The number of amides is 1. The van der Waals surface area contributed by atoms with E-state index in [0.29, 0.717) is 41.3 Å². The number of likely N-dealkylation sites (tertiary alicyclic amines) is 1. The number of carbonyl (C=O) groups excluding carboxylic acids is 1. The van der Waals surface area contributed by atoms with Crippen LogP contribution in [0.25, 0.3) is 22.3 Å². The molecule has 1 amide bonds. The Morgan fingerprint density at radius 3 is 2.70 bits per heavy atom. The lowest BCUT2D eigenvalue weighted by atomic mass is 9.92. The molecule has 1 atom stereocenters. The Morgan fingerprint density at radius 1 is 1.19 bits per heavy atom. The van der Waals surface area contributed by atoms with Crippen molar-refractivity contribution in [3.63, 3.8) is 0 Å². The van der Waals surface area contributed by atoms with Gasteiger partial charge in [0.25, 0.3) is 0 Å². The number of rotatable bonds is 5. The second-order valence-corrected chi connectivity index (χ2v) is 9.59. The number of anilines is 1. The van der Waals surface area contributed by atoms with Crippen molar-refractivity contribution in [1.29, 1.82) is 5.26 Å². The summed E-state index contributed by atoms with van der Waals surface area (Å²) in [5.74, 6) is 0.370. The van der Waals surface area contributed by atoms with Gasteiger partial charge in [-0.2, -0.15) is 10.4 Å². The van der Waals surface area contributed by atoms with Gasteiger partial charge in [0, 0.05) is 24.7 Å². The highest BCUT2D eigenvalue weighted by molar-refractivity contribution is 5.98. The second kappa shape index (κ2) is 9.50. The molecule has 4 aromatic rings. The number of hydrogen-bond acceptors (Lipinski definition) is 7. The highest BCUT2D eigenvalue weighted by Crippen LogP contribution is 2.36. The molecule has 37 heavy (non-hydrogen) atoms. The topological polar surface area (TPSA) is 123 Å². The van der Waals surface area contributed by atoms with E-state index in [2.05, 4.69) is 16.0 Å². The molecule has 10 heteroatoms. The van der Waals surface area contributed by atoms with Crippen LogP contribution < -0.4 is 10.5 Å². The second-order valence-electron chi connectivity index (χ2n) is 9.59. The Labute approximate surface area is 213 Å². The summed E-state index contributed by atoms with van der Waals surface area (Å²) >= 11 is 0. The van der Waals surface area contributed by atoms with Gasteiger partial charge in [0.15, 0.2) is 5.65 Å². The highest BCUT2D eigenvalue weighted by atomic mass is 19.1. The predicted molar refractivity (Wildman–Crippen MR) is 136 cm³/mol. The first-order valence-electron chi connectivity index (χ1n) is 12.0. The number of ether oxygens (including phenoxy) is 1. The van der Waals surface area contributed by atoms with Gasteiger partial charge in [-0.25, -0.2) is 19.0 Å². The third-order valence-electron chi connectivity index (χ3n) is 6.54. The highest BCUT2D eigenvalue weighted by Gasteiger charge is 2.36. The Hall–Kier alpha value is -4.52. The molecule has 2 aromatic carbocycles. The van der Waals surface area contributed by atoms with Crippen LogP contribution in [0.3, 0.4) is 0 Å². The number of carbonyl (C=O) groups is 1. The van der Waals surface area contributed by atoms with Gasteiger partial charge >= 0.3 is 0 Å². The minimum atomic E-state index is -1.13. The van der Waals surface area contributed by atoms with Crippen molar-refractivity contribution >= 4 is 22.8 Å². The number of nitrogens with zero attached hydrogens (tertiary/aromatic N) is 6. The maximum Gasteiger partial charge on any atom is 0.242 e. The number of nitriles is 1. The van der Waals surface area contributed by atoms with Crippen LogP contribution in [0, 0.1) is 22.6 Å². The van der Waals surface area contributed by atoms with Crippen molar-refractivity contribution in [1.82, 2.24) is 24.6 Å². The van der Waals surface area contributed by atoms with E-state index in [9.17, 15) is 10.1 Å². The molecule has 1 aliphatic rings. The first kappa shape index (κ1) is 24.2. The molecule has 1 saturated heterocycles. The van der Waals surface area contributed by atoms with Gasteiger partial charge in [0.05, 0.1) is 17.5 Å². The van der Waals surface area contributed by atoms with E-state index in [4.69, 9.17) is 15.6 Å². The van der Waals surface area contributed by atoms with Crippen LogP contribution in [0.2, 0.25) is 0 Å². The summed E-state index contributed by atoms with van der Waals surface area (Å²) < 4.78 is 22.9. The molecule has 5 rings (SSSR count). The van der Waals surface area contributed by atoms with E-state index in [-0.39, 0.29) is 23.3 Å². The molecule has 3 heterocycles. The maximum atomic E-state index is 15.4. The van der Waals surface area contributed by atoms with E-state index in [1.807, 2.05) is 18.2 Å². The number of hydrogen-bond donors (Lipinski definition) is 1. The van der Waals surface area contributed by atoms with Gasteiger partial charge in [-0.05, 0) is 51.0 Å². The zero-order valence-corrected chi connectivity index (χ0v) is 20.6. The Bertz CT molecular complexity index is 1510. The minimum Gasteiger partial charge on any atom is -0.457 e. The molecule has 188 valence electrons. The fraction of sp³-hybridized carbons (Fsp3) is 0.296. The van der Waals surface area contributed by atoms with Crippen molar-refractivity contribution in [2.24, 2.45) is 5.41 Å². The molecule has 9 nitrogen and oxygen atoms in total. The molecule has 0 radical (unpaired) electrons. The summed E-state index contributed by atoms with van der Waals surface area (Å²) in [5.41, 5.74) is 6.11. The van der Waals surface area contributed by atoms with E-state index in [0.717, 1.165) is 12.8 Å². The summed E-state index contributed by atoms with van der Waals surface area (Å²) in [6.07, 6.45) is 2.82. The third kappa shape index (κ3) is 4.56. The first-order valence-corrected chi connectivity index (χ1v) is 12.0. The SMILES string of the molecule is CC(C)(C#N)C(=O)N1CCCC(n2nc(-c3ccc(Oc4ccccc4)cc3F)c3c(N)ncnc32)C1. The van der Waals surface area contributed by atoms with Gasteiger partial charge < -0.3 is 15.4 Å². The van der Waals surface area contributed by atoms with Crippen LogP contribution in [0.4, 0.5) is 10.2 Å². The molecule has 1 aliphatic heterocycles. The monoisotopic (exact) mass is 499 g/mol. The quantitative estimate of drug-likeness (QED) is 0.421. The molecule has 1 fully saturated rings. The first-order chi connectivity index (χ1) is 17.8. The van der Waals surface area contributed by atoms with E-state index in [1.165, 1.54) is 12.4 Å². The summed E-state index contributed by atoms with van der Waals surface area (Å²) in [6, 6.07) is 15.5. The van der Waals surface area contributed by atoms with Gasteiger partial charge in [-0.3, -0.25) is 4.79 Å². The smallest absolute Gasteiger partial charge is 0.242 e. The number of halogens is 1. The summed E-state index contributed by atoms with van der Waals surface area (Å²) in [7, 11) is 0. The Kier molecular flexibility index (Phi) is 6.21. The molecule has 0 saturated carbocycles. The molecule has 2 N–H and O–H groups in total. The Balaban J connectivity index is 1.52. The number of piperidine rings is 1. The van der Waals surface area contributed by atoms with Gasteiger partial charge in [0.2, 0.25) is 5.91 Å². The van der Waals surface area contributed by atoms with Crippen molar-refractivity contribution in [2.75, 3.05) is 18.8 Å². The molecule has 0 bridgehead atoms. The van der Waals surface area contributed by atoms with Crippen LogP contribution in [-0.4, -0.2) is 43.6 Å². The number of nitrogens with two attached hydrogens (primary N) is 1. The average molecular weight is 500 g/mol. The number of fused-ring (bicyclic) bond motifs is 1. The molecule has 2 aromatic heterocycles. The molecule has 1 unspecified atom stereocenters. The van der Waals surface area contributed by atoms with Crippen molar-refractivity contribution in [3.8, 4) is 28.8 Å². The molecule has 0 aliphatic carbocycles. The standard InChI is InChI=1S/C27H26FN7O2/c1-27(2,15-29)26(36)34-12-6-7-17(14-34)35-25-22(24(30)31-16-32-25)23(33-35)20-11-10-19(13-21(20)28)37-18-8-4-3-5-9-18/h3-5,8-11,13,16-17H,6-7,12,14H2,1-2H3,(H2,30,31,32). The largest absolute Gasteiger partial charge is 0.457 e. The van der Waals surface area contributed by atoms with E-state index < -0.39 is 11.2 Å². The van der Waals surface area contributed by atoms with Crippen molar-refractivity contribution < 1.29 is 13.9 Å². The summed E-state index contributed by atoms with van der Waals surface area (Å²) in [6.45, 7) is 4.14. The molecular formula is C27H26FN7O2. The number of nitrogen functional groups attached to an aromatic ring is 1. The average Bonchev–Trinajstić information content (AvgIpc) is 3.30. The minimum absolute atomic E-state index is 0.185. The lowest BCUT2D eigenvalue weighted by Gasteiger charge is -2.35. The van der Waals surface area contributed by atoms with Crippen LogP contribution in [-0.2, 0) is 4.79 Å². The van der Waals surface area contributed by atoms with Crippen molar-refractivity contribution in [3.05, 3.63) is 60.7 Å². The maximum absolute atomic E-state index is 15.4. The van der Waals surface area contributed by atoms with Crippen LogP contribution in [0.5, 0.6) is 11.5 Å². The van der Waals surface area contributed by atoms with Gasteiger partial charge in [0.1, 0.15) is 40.6 Å². The van der Waals surface area contributed by atoms with Crippen LogP contribution in [0.1, 0.15) is 32.7 Å². The summed E-state index contributed by atoms with van der Waals surface area (Å²) in [4.78, 5) is 23.1. The normalized spacial score (nSPS) is 15.9. The lowest BCUT2D eigenvalue weighted by Crippen LogP contribution is -2.46. The number of para-hydroxylation sites is 1.